The van der Waals surface area contributed by atoms with E-state index in [0.29, 0.717) is 12.5 Å². The molecule has 2 heterocycles. The van der Waals surface area contributed by atoms with Crippen LogP contribution in [0.2, 0.25) is 0 Å². The van der Waals surface area contributed by atoms with Gasteiger partial charge in [-0.05, 0) is 37.1 Å². The molecule has 1 fully saturated rings. The number of nitrogens with zero attached hydrogens (tertiary/aromatic N) is 2. The third kappa shape index (κ3) is 2.11. The lowest BCUT2D eigenvalue weighted by atomic mass is 10.2. The number of furan rings is 1. The molecule has 5 nitrogen and oxygen atoms in total. The van der Waals surface area contributed by atoms with Crippen molar-refractivity contribution in [1.29, 1.82) is 0 Å². The SMILES string of the molecule is O=C(O)c1ccc2c(c1)nc(C1CC1)n2Cc1ccoc1. The van der Waals surface area contributed by atoms with E-state index in [9.17, 15) is 4.79 Å². The van der Waals surface area contributed by atoms with E-state index < -0.39 is 5.97 Å². The molecule has 1 aliphatic carbocycles. The number of rotatable bonds is 4. The van der Waals surface area contributed by atoms with E-state index in [1.54, 1.807) is 24.7 Å². The van der Waals surface area contributed by atoms with Gasteiger partial charge in [-0.3, -0.25) is 0 Å². The fraction of sp³-hybridized carbons (Fsp3) is 0.250. The third-order valence-electron chi connectivity index (χ3n) is 3.89. The van der Waals surface area contributed by atoms with Gasteiger partial charge in [0.25, 0.3) is 0 Å². The van der Waals surface area contributed by atoms with E-state index in [2.05, 4.69) is 9.55 Å². The summed E-state index contributed by atoms with van der Waals surface area (Å²) in [5.74, 6) is 0.626. The highest BCUT2D eigenvalue weighted by molar-refractivity contribution is 5.92. The topological polar surface area (TPSA) is 68.3 Å². The standard InChI is InChI=1S/C16H14N2O3/c19-16(20)12-3-4-14-13(7-12)17-15(11-1-2-11)18(14)8-10-5-6-21-9-10/h3-7,9,11H,1-2,8H2,(H,19,20). The predicted molar refractivity (Wildman–Crippen MR) is 76.5 cm³/mol. The van der Waals surface area contributed by atoms with Gasteiger partial charge in [-0.15, -0.1) is 0 Å². The van der Waals surface area contributed by atoms with Gasteiger partial charge in [0, 0.05) is 11.5 Å². The van der Waals surface area contributed by atoms with Crippen LogP contribution in [-0.2, 0) is 6.54 Å². The van der Waals surface area contributed by atoms with Gasteiger partial charge in [-0.1, -0.05) is 0 Å². The average molecular weight is 282 g/mol. The summed E-state index contributed by atoms with van der Waals surface area (Å²) in [6, 6.07) is 7.07. The van der Waals surface area contributed by atoms with Crippen molar-refractivity contribution in [3.05, 3.63) is 53.7 Å². The van der Waals surface area contributed by atoms with Crippen molar-refractivity contribution in [3.63, 3.8) is 0 Å². The molecular formula is C16H14N2O3. The van der Waals surface area contributed by atoms with Gasteiger partial charge in [0.15, 0.2) is 0 Å². The molecule has 5 heteroatoms. The zero-order chi connectivity index (χ0) is 14.4. The lowest BCUT2D eigenvalue weighted by Gasteiger charge is -2.07. The predicted octanol–water partition coefficient (Wildman–Crippen LogP) is 3.25. The Morgan fingerprint density at radius 3 is 2.90 bits per heavy atom. The summed E-state index contributed by atoms with van der Waals surface area (Å²) in [5.41, 5.74) is 3.08. The van der Waals surface area contributed by atoms with Crippen molar-refractivity contribution >= 4 is 17.0 Å². The summed E-state index contributed by atoms with van der Waals surface area (Å²) in [4.78, 5) is 15.8. The molecule has 2 aromatic heterocycles. The first kappa shape index (κ1) is 12.2. The van der Waals surface area contributed by atoms with Gasteiger partial charge in [0.05, 0.1) is 35.7 Å². The Kier molecular flexibility index (Phi) is 2.60. The first-order chi connectivity index (χ1) is 10.2. The first-order valence-electron chi connectivity index (χ1n) is 6.97. The lowest BCUT2D eigenvalue weighted by Crippen LogP contribution is -2.03. The summed E-state index contributed by atoms with van der Waals surface area (Å²) >= 11 is 0. The molecule has 106 valence electrons. The largest absolute Gasteiger partial charge is 0.478 e. The molecule has 4 rings (SSSR count). The Morgan fingerprint density at radius 2 is 2.24 bits per heavy atom. The Morgan fingerprint density at radius 1 is 1.38 bits per heavy atom. The molecular weight excluding hydrogens is 268 g/mol. The number of hydrogen-bond donors (Lipinski definition) is 1. The second kappa shape index (κ2) is 4.48. The Labute approximate surface area is 120 Å². The second-order valence-corrected chi connectivity index (χ2v) is 5.47. The first-order valence-corrected chi connectivity index (χ1v) is 6.97. The molecule has 0 atom stereocenters. The number of carboxylic acid groups (broad SMARTS) is 1. The van der Waals surface area contributed by atoms with Gasteiger partial charge >= 0.3 is 5.97 Å². The number of imidazole rings is 1. The Hall–Kier alpha value is -2.56. The minimum Gasteiger partial charge on any atom is -0.478 e. The molecule has 1 aliphatic rings. The minimum atomic E-state index is -0.922. The van der Waals surface area contributed by atoms with Crippen LogP contribution in [-0.4, -0.2) is 20.6 Å². The number of aromatic nitrogens is 2. The van der Waals surface area contributed by atoms with Crippen LogP contribution in [0.3, 0.4) is 0 Å². The molecule has 0 radical (unpaired) electrons. The summed E-state index contributed by atoms with van der Waals surface area (Å²) < 4.78 is 7.30. The van der Waals surface area contributed by atoms with Crippen LogP contribution < -0.4 is 0 Å². The van der Waals surface area contributed by atoms with Crippen molar-refractivity contribution in [2.45, 2.75) is 25.3 Å². The van der Waals surface area contributed by atoms with Gasteiger partial charge in [0.2, 0.25) is 0 Å². The van der Waals surface area contributed by atoms with Crippen molar-refractivity contribution < 1.29 is 14.3 Å². The molecule has 0 spiro atoms. The molecule has 0 aliphatic heterocycles. The average Bonchev–Trinajstić information content (AvgIpc) is 3.07. The summed E-state index contributed by atoms with van der Waals surface area (Å²) in [6.07, 6.45) is 5.70. The maximum absolute atomic E-state index is 11.1. The summed E-state index contributed by atoms with van der Waals surface area (Å²) in [6.45, 7) is 0.700. The number of carboxylic acids is 1. The molecule has 1 N–H and O–H groups in total. The highest BCUT2D eigenvalue weighted by Crippen LogP contribution is 2.41. The molecule has 0 saturated heterocycles. The van der Waals surface area contributed by atoms with Gasteiger partial charge in [-0.25, -0.2) is 9.78 Å². The van der Waals surface area contributed by atoms with Crippen LogP contribution in [0, 0.1) is 0 Å². The molecule has 21 heavy (non-hydrogen) atoms. The van der Waals surface area contributed by atoms with Gasteiger partial charge < -0.3 is 14.1 Å². The van der Waals surface area contributed by atoms with E-state index in [1.807, 2.05) is 12.1 Å². The summed E-state index contributed by atoms with van der Waals surface area (Å²) in [5, 5.41) is 9.10. The quantitative estimate of drug-likeness (QED) is 0.797. The smallest absolute Gasteiger partial charge is 0.335 e. The van der Waals surface area contributed by atoms with Crippen LogP contribution >= 0.6 is 0 Å². The van der Waals surface area contributed by atoms with Crippen molar-refractivity contribution in [1.82, 2.24) is 9.55 Å². The summed E-state index contributed by atoms with van der Waals surface area (Å²) in [7, 11) is 0. The van der Waals surface area contributed by atoms with Crippen molar-refractivity contribution in [2.75, 3.05) is 0 Å². The van der Waals surface area contributed by atoms with Crippen molar-refractivity contribution in [2.24, 2.45) is 0 Å². The van der Waals surface area contributed by atoms with Crippen LogP contribution in [0.5, 0.6) is 0 Å². The van der Waals surface area contributed by atoms with Gasteiger partial charge in [0.1, 0.15) is 5.82 Å². The molecule has 0 amide bonds. The van der Waals surface area contributed by atoms with E-state index in [1.165, 1.54) is 0 Å². The van der Waals surface area contributed by atoms with Crippen molar-refractivity contribution in [3.8, 4) is 0 Å². The molecule has 1 aromatic carbocycles. The fourth-order valence-corrected chi connectivity index (χ4v) is 2.67. The Bertz CT molecular complexity index is 814. The normalized spacial score (nSPS) is 14.7. The zero-order valence-corrected chi connectivity index (χ0v) is 11.3. The van der Waals surface area contributed by atoms with E-state index in [4.69, 9.17) is 9.52 Å². The van der Waals surface area contributed by atoms with E-state index in [-0.39, 0.29) is 5.56 Å². The highest BCUT2D eigenvalue weighted by atomic mass is 16.4. The van der Waals surface area contributed by atoms with E-state index >= 15 is 0 Å². The number of benzene rings is 1. The molecule has 1 saturated carbocycles. The zero-order valence-electron chi connectivity index (χ0n) is 11.3. The lowest BCUT2D eigenvalue weighted by molar-refractivity contribution is 0.0697. The molecule has 0 bridgehead atoms. The van der Waals surface area contributed by atoms with Crippen LogP contribution in [0.4, 0.5) is 0 Å². The number of fused-ring (bicyclic) bond motifs is 1. The third-order valence-corrected chi connectivity index (χ3v) is 3.89. The number of hydrogen-bond acceptors (Lipinski definition) is 3. The molecule has 3 aromatic rings. The maximum atomic E-state index is 11.1. The van der Waals surface area contributed by atoms with Crippen LogP contribution in [0.25, 0.3) is 11.0 Å². The van der Waals surface area contributed by atoms with Crippen LogP contribution in [0.1, 0.15) is 40.5 Å². The molecule has 0 unspecified atom stereocenters. The van der Waals surface area contributed by atoms with E-state index in [0.717, 1.165) is 35.3 Å². The maximum Gasteiger partial charge on any atom is 0.335 e. The Balaban J connectivity index is 1.85. The van der Waals surface area contributed by atoms with Crippen LogP contribution in [0.15, 0.2) is 41.2 Å². The fourth-order valence-electron chi connectivity index (χ4n) is 2.67. The van der Waals surface area contributed by atoms with Gasteiger partial charge in [-0.2, -0.15) is 0 Å². The second-order valence-electron chi connectivity index (χ2n) is 5.47. The number of aromatic carboxylic acids is 1. The number of carbonyl (C=O) groups is 1. The highest BCUT2D eigenvalue weighted by Gasteiger charge is 2.29. The minimum absolute atomic E-state index is 0.276. The monoisotopic (exact) mass is 282 g/mol.